The van der Waals surface area contributed by atoms with E-state index in [-0.39, 0.29) is 5.56 Å². The lowest BCUT2D eigenvalue weighted by Gasteiger charge is -2.10. The van der Waals surface area contributed by atoms with Crippen LogP contribution in [-0.4, -0.2) is 36.3 Å². The molecule has 1 aromatic carbocycles. The summed E-state index contributed by atoms with van der Waals surface area (Å²) in [5.74, 6) is -3.09. The van der Waals surface area contributed by atoms with Gasteiger partial charge in [-0.2, -0.15) is 0 Å². The molecule has 0 aromatic heterocycles. The number of carboxylic acids is 1. The number of rotatable bonds is 5. The molecule has 0 aliphatic heterocycles. The summed E-state index contributed by atoms with van der Waals surface area (Å²) in [7, 11) is -3.96. The molecule has 1 unspecified atom stereocenters. The molecule has 0 saturated heterocycles. The zero-order chi connectivity index (χ0) is 13.1. The highest BCUT2D eigenvalue weighted by atomic mass is 32.2. The SMILES string of the molecule is CC(C(=O)c1ccccc1)S(=O)(=O)CC(=O)O. The van der Waals surface area contributed by atoms with E-state index in [2.05, 4.69) is 0 Å². The van der Waals surface area contributed by atoms with E-state index in [1.54, 1.807) is 18.2 Å². The highest BCUT2D eigenvalue weighted by molar-refractivity contribution is 7.93. The minimum Gasteiger partial charge on any atom is -0.480 e. The lowest BCUT2D eigenvalue weighted by Crippen LogP contribution is -2.32. The van der Waals surface area contributed by atoms with Gasteiger partial charge in [0.2, 0.25) is 0 Å². The molecular weight excluding hydrogens is 244 g/mol. The van der Waals surface area contributed by atoms with E-state index in [9.17, 15) is 18.0 Å². The summed E-state index contributed by atoms with van der Waals surface area (Å²) in [5.41, 5.74) is 0.258. The number of benzene rings is 1. The molecule has 92 valence electrons. The van der Waals surface area contributed by atoms with E-state index >= 15 is 0 Å². The van der Waals surface area contributed by atoms with Crippen LogP contribution in [0.5, 0.6) is 0 Å². The van der Waals surface area contributed by atoms with Gasteiger partial charge in [-0.05, 0) is 6.92 Å². The number of sulfone groups is 1. The second kappa shape index (κ2) is 5.09. The second-order valence-corrected chi connectivity index (χ2v) is 5.89. The lowest BCUT2D eigenvalue weighted by atomic mass is 10.1. The van der Waals surface area contributed by atoms with Crippen LogP contribution in [-0.2, 0) is 14.6 Å². The molecule has 0 radical (unpaired) electrons. The number of Topliss-reactive ketones (excluding diaryl/α,β-unsaturated/α-hetero) is 1. The minimum atomic E-state index is -3.96. The number of carbonyl (C=O) groups excluding carboxylic acids is 1. The van der Waals surface area contributed by atoms with Crippen molar-refractivity contribution in [1.82, 2.24) is 0 Å². The van der Waals surface area contributed by atoms with Crippen LogP contribution in [0.15, 0.2) is 30.3 Å². The molecule has 1 N–H and O–H groups in total. The number of aliphatic carboxylic acids is 1. The summed E-state index contributed by atoms with van der Waals surface area (Å²) in [6.07, 6.45) is 0. The molecule has 0 aliphatic carbocycles. The topological polar surface area (TPSA) is 88.5 Å². The van der Waals surface area contributed by atoms with Gasteiger partial charge < -0.3 is 5.11 Å². The third kappa shape index (κ3) is 3.39. The van der Waals surface area contributed by atoms with Crippen molar-refractivity contribution in [2.75, 3.05) is 5.75 Å². The third-order valence-electron chi connectivity index (χ3n) is 2.29. The largest absolute Gasteiger partial charge is 0.480 e. The van der Waals surface area contributed by atoms with Crippen LogP contribution >= 0.6 is 0 Å². The van der Waals surface area contributed by atoms with E-state index in [0.29, 0.717) is 0 Å². The molecule has 1 rings (SSSR count). The second-order valence-electron chi connectivity index (χ2n) is 3.57. The van der Waals surface area contributed by atoms with E-state index in [1.165, 1.54) is 19.1 Å². The fraction of sp³-hybridized carbons (Fsp3) is 0.273. The Morgan fingerprint density at radius 3 is 2.24 bits per heavy atom. The van der Waals surface area contributed by atoms with E-state index in [0.717, 1.165) is 0 Å². The molecule has 17 heavy (non-hydrogen) atoms. The summed E-state index contributed by atoms with van der Waals surface area (Å²) in [6.45, 7) is 1.20. The van der Waals surface area contributed by atoms with Crippen molar-refractivity contribution in [3.05, 3.63) is 35.9 Å². The first-order valence-electron chi connectivity index (χ1n) is 4.87. The molecule has 0 fully saturated rings. The van der Waals surface area contributed by atoms with Crippen molar-refractivity contribution >= 4 is 21.6 Å². The lowest BCUT2D eigenvalue weighted by molar-refractivity contribution is -0.134. The first kappa shape index (κ1) is 13.4. The summed E-state index contributed by atoms with van der Waals surface area (Å²) in [5, 5.41) is 7.11. The Bertz CT molecular complexity index is 518. The summed E-state index contributed by atoms with van der Waals surface area (Å²) in [6, 6.07) is 7.92. The first-order chi connectivity index (χ1) is 7.84. The average Bonchev–Trinajstić information content (AvgIpc) is 2.26. The van der Waals surface area contributed by atoms with Crippen molar-refractivity contribution in [3.8, 4) is 0 Å². The number of hydrogen-bond acceptors (Lipinski definition) is 4. The fourth-order valence-corrected chi connectivity index (χ4v) is 2.35. The summed E-state index contributed by atoms with van der Waals surface area (Å²) >= 11 is 0. The Hall–Kier alpha value is -1.69. The molecular formula is C11H12O5S. The summed E-state index contributed by atoms with van der Waals surface area (Å²) in [4.78, 5) is 22.2. The molecule has 0 amide bonds. The molecule has 0 heterocycles. The van der Waals surface area contributed by atoms with Crippen molar-refractivity contribution in [1.29, 1.82) is 0 Å². The van der Waals surface area contributed by atoms with Gasteiger partial charge in [0.1, 0.15) is 11.0 Å². The number of carboxylic acid groups (broad SMARTS) is 1. The van der Waals surface area contributed by atoms with Gasteiger partial charge in [-0.1, -0.05) is 30.3 Å². The minimum absolute atomic E-state index is 0.258. The van der Waals surface area contributed by atoms with Gasteiger partial charge in [0.05, 0.1) is 0 Å². The van der Waals surface area contributed by atoms with E-state index in [4.69, 9.17) is 5.11 Å². The maximum absolute atomic E-state index is 11.8. The molecule has 0 saturated carbocycles. The van der Waals surface area contributed by atoms with Crippen molar-refractivity contribution < 1.29 is 23.1 Å². The van der Waals surface area contributed by atoms with Crippen LogP contribution in [0, 0.1) is 0 Å². The Morgan fingerprint density at radius 2 is 1.76 bits per heavy atom. The molecule has 1 atom stereocenters. The predicted octanol–water partition coefficient (Wildman–Crippen LogP) is 0.757. The third-order valence-corrected chi connectivity index (χ3v) is 4.23. The molecule has 0 spiro atoms. The smallest absolute Gasteiger partial charge is 0.318 e. The van der Waals surface area contributed by atoms with Crippen LogP contribution in [0.4, 0.5) is 0 Å². The normalized spacial score (nSPS) is 13.0. The van der Waals surface area contributed by atoms with Gasteiger partial charge in [-0.25, -0.2) is 8.42 Å². The van der Waals surface area contributed by atoms with Crippen LogP contribution in [0.3, 0.4) is 0 Å². The van der Waals surface area contributed by atoms with Crippen molar-refractivity contribution in [2.45, 2.75) is 12.2 Å². The Labute approximate surface area is 99.0 Å². The Morgan fingerprint density at radius 1 is 1.24 bits per heavy atom. The maximum Gasteiger partial charge on any atom is 0.318 e. The van der Waals surface area contributed by atoms with E-state index < -0.39 is 32.6 Å². The molecule has 5 nitrogen and oxygen atoms in total. The van der Waals surface area contributed by atoms with Crippen molar-refractivity contribution in [3.63, 3.8) is 0 Å². The zero-order valence-corrected chi connectivity index (χ0v) is 9.98. The fourth-order valence-electron chi connectivity index (χ4n) is 1.30. The van der Waals surface area contributed by atoms with Crippen LogP contribution in [0.25, 0.3) is 0 Å². The Balaban J connectivity index is 2.95. The highest BCUT2D eigenvalue weighted by Crippen LogP contribution is 2.11. The standard InChI is InChI=1S/C11H12O5S/c1-8(17(15,16)7-10(12)13)11(14)9-5-3-2-4-6-9/h2-6,8H,7H2,1H3,(H,12,13). The monoisotopic (exact) mass is 256 g/mol. The maximum atomic E-state index is 11.8. The van der Waals surface area contributed by atoms with Crippen LogP contribution in [0.2, 0.25) is 0 Å². The quantitative estimate of drug-likeness (QED) is 0.785. The van der Waals surface area contributed by atoms with Gasteiger partial charge in [0.15, 0.2) is 15.6 Å². The number of carbonyl (C=O) groups is 2. The highest BCUT2D eigenvalue weighted by Gasteiger charge is 2.30. The average molecular weight is 256 g/mol. The molecule has 0 aliphatic rings. The Kier molecular flexibility index (Phi) is 4.01. The number of hydrogen-bond donors (Lipinski definition) is 1. The molecule has 0 bridgehead atoms. The molecule has 1 aromatic rings. The van der Waals surface area contributed by atoms with Crippen LogP contribution in [0.1, 0.15) is 17.3 Å². The van der Waals surface area contributed by atoms with Gasteiger partial charge in [-0.3, -0.25) is 9.59 Å². The predicted molar refractivity (Wildman–Crippen MR) is 61.7 cm³/mol. The van der Waals surface area contributed by atoms with Crippen molar-refractivity contribution in [2.24, 2.45) is 0 Å². The van der Waals surface area contributed by atoms with Gasteiger partial charge in [-0.15, -0.1) is 0 Å². The van der Waals surface area contributed by atoms with Crippen LogP contribution < -0.4 is 0 Å². The van der Waals surface area contributed by atoms with Gasteiger partial charge in [0.25, 0.3) is 0 Å². The first-order valence-corrected chi connectivity index (χ1v) is 6.59. The summed E-state index contributed by atoms with van der Waals surface area (Å²) < 4.78 is 23.1. The van der Waals surface area contributed by atoms with Gasteiger partial charge >= 0.3 is 5.97 Å². The van der Waals surface area contributed by atoms with Gasteiger partial charge in [0, 0.05) is 5.56 Å². The number of ketones is 1. The molecule has 6 heteroatoms. The zero-order valence-electron chi connectivity index (χ0n) is 9.16. The van der Waals surface area contributed by atoms with E-state index in [1.807, 2.05) is 0 Å².